The maximum Gasteiger partial charge on any atom is 0.119 e. The van der Waals surface area contributed by atoms with Crippen LogP contribution < -0.4 is 10.5 Å². The summed E-state index contributed by atoms with van der Waals surface area (Å²) in [5.74, 6) is 1.58. The minimum absolute atomic E-state index is 0.0664. The van der Waals surface area contributed by atoms with Gasteiger partial charge < -0.3 is 10.5 Å². The standard InChI is InChI=1S/C14H23NO/c1-4-12(5-2)10-16-14-8-6-7-13(9-14)11(3)15/h6-9,11-12H,4-5,10,15H2,1-3H3. The molecule has 0 aliphatic heterocycles. The largest absolute Gasteiger partial charge is 0.493 e. The zero-order valence-electron chi connectivity index (χ0n) is 10.6. The molecule has 0 aliphatic rings. The van der Waals surface area contributed by atoms with Gasteiger partial charge in [-0.15, -0.1) is 0 Å². The van der Waals surface area contributed by atoms with Gasteiger partial charge in [-0.25, -0.2) is 0 Å². The normalized spacial score (nSPS) is 12.8. The van der Waals surface area contributed by atoms with Crippen LogP contribution in [0.5, 0.6) is 5.75 Å². The molecular weight excluding hydrogens is 198 g/mol. The zero-order chi connectivity index (χ0) is 12.0. The molecule has 1 unspecified atom stereocenters. The van der Waals surface area contributed by atoms with Crippen molar-refractivity contribution in [3.8, 4) is 5.75 Å². The van der Waals surface area contributed by atoms with Crippen molar-refractivity contribution in [2.75, 3.05) is 6.61 Å². The Morgan fingerprint density at radius 2 is 1.94 bits per heavy atom. The van der Waals surface area contributed by atoms with E-state index in [0.717, 1.165) is 17.9 Å². The second-order valence-corrected chi connectivity index (χ2v) is 4.35. The minimum atomic E-state index is 0.0664. The molecule has 0 spiro atoms. The average molecular weight is 221 g/mol. The molecule has 0 fully saturated rings. The monoisotopic (exact) mass is 221 g/mol. The van der Waals surface area contributed by atoms with Crippen molar-refractivity contribution in [3.05, 3.63) is 29.8 Å². The van der Waals surface area contributed by atoms with Crippen molar-refractivity contribution in [3.63, 3.8) is 0 Å². The van der Waals surface area contributed by atoms with Gasteiger partial charge in [0.15, 0.2) is 0 Å². The van der Waals surface area contributed by atoms with E-state index in [0.29, 0.717) is 5.92 Å². The number of ether oxygens (including phenoxy) is 1. The van der Waals surface area contributed by atoms with E-state index in [2.05, 4.69) is 13.8 Å². The maximum atomic E-state index is 5.84. The Bertz CT molecular complexity index is 305. The first-order valence-electron chi connectivity index (χ1n) is 6.15. The van der Waals surface area contributed by atoms with Crippen molar-refractivity contribution in [1.29, 1.82) is 0 Å². The van der Waals surface area contributed by atoms with Crippen LogP contribution in [0.15, 0.2) is 24.3 Å². The van der Waals surface area contributed by atoms with E-state index in [1.807, 2.05) is 31.2 Å². The number of rotatable bonds is 6. The number of hydrogen-bond acceptors (Lipinski definition) is 2. The lowest BCUT2D eigenvalue weighted by Gasteiger charge is -2.15. The third kappa shape index (κ3) is 3.86. The third-order valence-electron chi connectivity index (χ3n) is 3.02. The van der Waals surface area contributed by atoms with Gasteiger partial charge in [0.2, 0.25) is 0 Å². The molecule has 0 amide bonds. The summed E-state index contributed by atoms with van der Waals surface area (Å²) >= 11 is 0. The fourth-order valence-corrected chi connectivity index (χ4v) is 1.63. The predicted molar refractivity (Wildman–Crippen MR) is 68.6 cm³/mol. The first-order chi connectivity index (χ1) is 7.67. The maximum absolute atomic E-state index is 5.84. The molecular formula is C14H23NO. The van der Waals surface area contributed by atoms with Crippen LogP contribution in [0.3, 0.4) is 0 Å². The van der Waals surface area contributed by atoms with Crippen molar-refractivity contribution in [2.24, 2.45) is 11.7 Å². The van der Waals surface area contributed by atoms with Gasteiger partial charge in [-0.3, -0.25) is 0 Å². The molecule has 0 aliphatic carbocycles. The summed E-state index contributed by atoms with van der Waals surface area (Å²) in [4.78, 5) is 0. The van der Waals surface area contributed by atoms with Crippen molar-refractivity contribution < 1.29 is 4.74 Å². The fourth-order valence-electron chi connectivity index (χ4n) is 1.63. The molecule has 1 aromatic carbocycles. The average Bonchev–Trinajstić information content (AvgIpc) is 2.31. The van der Waals surface area contributed by atoms with Crippen molar-refractivity contribution in [1.82, 2.24) is 0 Å². The Morgan fingerprint density at radius 3 is 2.50 bits per heavy atom. The molecule has 0 saturated carbocycles. The summed E-state index contributed by atoms with van der Waals surface area (Å²) in [6, 6.07) is 8.13. The van der Waals surface area contributed by atoms with E-state index in [-0.39, 0.29) is 6.04 Å². The molecule has 90 valence electrons. The van der Waals surface area contributed by atoms with E-state index >= 15 is 0 Å². The highest BCUT2D eigenvalue weighted by atomic mass is 16.5. The lowest BCUT2D eigenvalue weighted by atomic mass is 10.1. The molecule has 2 heteroatoms. The van der Waals surface area contributed by atoms with E-state index in [1.165, 1.54) is 12.8 Å². The van der Waals surface area contributed by atoms with Gasteiger partial charge in [-0.2, -0.15) is 0 Å². The van der Waals surface area contributed by atoms with E-state index < -0.39 is 0 Å². The Kier molecular flexibility index (Phi) is 5.33. The lowest BCUT2D eigenvalue weighted by molar-refractivity contribution is 0.240. The number of benzene rings is 1. The van der Waals surface area contributed by atoms with Gasteiger partial charge in [0.25, 0.3) is 0 Å². The topological polar surface area (TPSA) is 35.2 Å². The van der Waals surface area contributed by atoms with E-state index in [4.69, 9.17) is 10.5 Å². The smallest absolute Gasteiger partial charge is 0.119 e. The Labute approximate surface area is 98.8 Å². The summed E-state index contributed by atoms with van der Waals surface area (Å²) in [7, 11) is 0. The summed E-state index contributed by atoms with van der Waals surface area (Å²) in [6.07, 6.45) is 2.34. The van der Waals surface area contributed by atoms with Crippen LogP contribution in [0.1, 0.15) is 45.2 Å². The second kappa shape index (κ2) is 6.54. The molecule has 0 heterocycles. The summed E-state index contributed by atoms with van der Waals surface area (Å²) in [5.41, 5.74) is 6.96. The molecule has 2 N–H and O–H groups in total. The van der Waals surface area contributed by atoms with Crippen molar-refractivity contribution in [2.45, 2.75) is 39.7 Å². The highest BCUT2D eigenvalue weighted by Gasteiger charge is 2.05. The molecule has 0 aromatic heterocycles. The van der Waals surface area contributed by atoms with Crippen LogP contribution >= 0.6 is 0 Å². The molecule has 2 nitrogen and oxygen atoms in total. The summed E-state index contributed by atoms with van der Waals surface area (Å²) in [6.45, 7) is 7.20. The Hall–Kier alpha value is -1.02. The second-order valence-electron chi connectivity index (χ2n) is 4.35. The summed E-state index contributed by atoms with van der Waals surface area (Å²) in [5, 5.41) is 0. The van der Waals surface area contributed by atoms with Gasteiger partial charge in [0.1, 0.15) is 5.75 Å². The van der Waals surface area contributed by atoms with Crippen LogP contribution in [0.2, 0.25) is 0 Å². The lowest BCUT2D eigenvalue weighted by Crippen LogP contribution is -2.10. The summed E-state index contributed by atoms with van der Waals surface area (Å²) < 4.78 is 5.79. The van der Waals surface area contributed by atoms with Crippen LogP contribution in [-0.4, -0.2) is 6.61 Å². The molecule has 0 saturated heterocycles. The minimum Gasteiger partial charge on any atom is -0.493 e. The van der Waals surface area contributed by atoms with Crippen LogP contribution in [0.25, 0.3) is 0 Å². The van der Waals surface area contributed by atoms with Gasteiger partial charge >= 0.3 is 0 Å². The van der Waals surface area contributed by atoms with E-state index in [9.17, 15) is 0 Å². The predicted octanol–water partition coefficient (Wildman–Crippen LogP) is 3.52. The first kappa shape index (κ1) is 13.0. The third-order valence-corrected chi connectivity index (χ3v) is 3.02. The van der Waals surface area contributed by atoms with Crippen LogP contribution in [-0.2, 0) is 0 Å². The molecule has 1 aromatic rings. The molecule has 16 heavy (non-hydrogen) atoms. The van der Waals surface area contributed by atoms with Gasteiger partial charge in [0.05, 0.1) is 6.61 Å². The van der Waals surface area contributed by atoms with Crippen LogP contribution in [0.4, 0.5) is 0 Å². The fraction of sp³-hybridized carbons (Fsp3) is 0.571. The molecule has 0 bridgehead atoms. The van der Waals surface area contributed by atoms with Gasteiger partial charge in [-0.1, -0.05) is 38.8 Å². The quantitative estimate of drug-likeness (QED) is 0.797. The highest BCUT2D eigenvalue weighted by Crippen LogP contribution is 2.19. The number of nitrogens with two attached hydrogens (primary N) is 1. The molecule has 0 radical (unpaired) electrons. The Balaban J connectivity index is 2.56. The number of hydrogen-bond donors (Lipinski definition) is 1. The zero-order valence-corrected chi connectivity index (χ0v) is 10.6. The highest BCUT2D eigenvalue weighted by molar-refractivity contribution is 5.30. The van der Waals surface area contributed by atoms with Gasteiger partial charge in [0, 0.05) is 6.04 Å². The van der Waals surface area contributed by atoms with Crippen molar-refractivity contribution >= 4 is 0 Å². The van der Waals surface area contributed by atoms with E-state index in [1.54, 1.807) is 0 Å². The molecule has 1 rings (SSSR count). The SMILES string of the molecule is CCC(CC)COc1cccc(C(C)N)c1. The first-order valence-corrected chi connectivity index (χ1v) is 6.15. The Morgan fingerprint density at radius 1 is 1.25 bits per heavy atom. The van der Waals surface area contributed by atoms with Gasteiger partial charge in [-0.05, 0) is 30.5 Å². The molecule has 1 atom stereocenters. The van der Waals surface area contributed by atoms with Crippen LogP contribution in [0, 0.1) is 5.92 Å².